The van der Waals surface area contributed by atoms with Gasteiger partial charge < -0.3 is 15.7 Å². The Morgan fingerprint density at radius 3 is 1.73 bits per heavy atom. The Hall–Kier alpha value is -0.380. The molecule has 0 saturated heterocycles. The van der Waals surface area contributed by atoms with Crippen molar-refractivity contribution in [1.82, 2.24) is 0 Å². The fourth-order valence-corrected chi connectivity index (χ4v) is 4.49. The highest BCUT2D eigenvalue weighted by atomic mass is 31.2. The maximum Gasteiger partial charge on any atom is 0.473 e. The smallest absolute Gasteiger partial charge is 0.393 e. The fourth-order valence-electron chi connectivity index (χ4n) is 3.55. The number of aliphatic hydroxyl groups is 1. The topological polar surface area (TPSA) is 149 Å². The minimum absolute atomic E-state index is 0.221. The van der Waals surface area contributed by atoms with Crippen LogP contribution in [-0.2, 0) is 23.3 Å². The number of ketones is 1. The molecule has 3 atom stereocenters. The summed E-state index contributed by atoms with van der Waals surface area (Å²) in [5.41, 5.74) is 5.51. The van der Waals surface area contributed by atoms with Gasteiger partial charge in [0.15, 0.2) is 5.78 Å². The number of nitrogens with two attached hydrogens (primary N) is 1. The highest BCUT2D eigenvalue weighted by Crippen LogP contribution is 2.44. The first-order valence-electron chi connectivity index (χ1n) is 12.7. The summed E-state index contributed by atoms with van der Waals surface area (Å²) in [6, 6.07) is 0. The minimum Gasteiger partial charge on any atom is -0.393 e. The molecule has 0 saturated carbocycles. The zero-order valence-electron chi connectivity index (χ0n) is 20.5. The first-order valence-corrected chi connectivity index (χ1v) is 14.2. The van der Waals surface area contributed by atoms with Gasteiger partial charge in [0.05, 0.1) is 13.2 Å². The highest BCUT2D eigenvalue weighted by molar-refractivity contribution is 7.47. The molecule has 0 aromatic rings. The fraction of sp³-hybridized carbons (Fsp3) is 0.957. The van der Waals surface area contributed by atoms with Crippen molar-refractivity contribution in [2.75, 3.05) is 19.8 Å². The molecular formula is C23H48NO8P. The molecule has 2 unspecified atom stereocenters. The molecule has 0 amide bonds. The van der Waals surface area contributed by atoms with Crippen molar-refractivity contribution in [2.45, 2.75) is 122 Å². The lowest BCUT2D eigenvalue weighted by molar-refractivity contribution is -0.289. The number of carbonyl (C=O) groups excluding carboxylic acids is 1. The number of hydrogen-bond acceptors (Lipinski definition) is 8. The van der Waals surface area contributed by atoms with Crippen LogP contribution in [0.3, 0.4) is 0 Å². The van der Waals surface area contributed by atoms with Crippen molar-refractivity contribution in [1.29, 1.82) is 0 Å². The van der Waals surface area contributed by atoms with Crippen LogP contribution in [-0.4, -0.2) is 53.0 Å². The molecule has 0 aliphatic carbocycles. The Morgan fingerprint density at radius 2 is 1.33 bits per heavy atom. The lowest BCUT2D eigenvalue weighted by atomic mass is 10.0. The zero-order valence-corrected chi connectivity index (χ0v) is 21.4. The third kappa shape index (κ3) is 19.6. The standard InChI is InChI=1S/C23H48NO8P/c1-2-3-4-5-6-7-8-9-10-11-12-13-14-15-16-17-22(26)23(18-24)32-33(28,29)30-20-21(19-25)31-27/h21,23,25,27H,2-20,24H2,1H3,(H,28,29)/t21-,23?/m1/s1. The van der Waals surface area contributed by atoms with Crippen molar-refractivity contribution in [3.63, 3.8) is 0 Å². The van der Waals surface area contributed by atoms with Gasteiger partial charge in [-0.25, -0.2) is 9.45 Å². The van der Waals surface area contributed by atoms with Crippen molar-refractivity contribution >= 4 is 13.6 Å². The SMILES string of the molecule is CCCCCCCCCCCCCCCCCC(=O)C(CN)OP(=O)(O)OC[C@@H](CO)OO. The average molecular weight is 498 g/mol. The number of hydrogen-bond donors (Lipinski definition) is 4. The summed E-state index contributed by atoms with van der Waals surface area (Å²) in [6.07, 6.45) is 16.2. The van der Waals surface area contributed by atoms with E-state index in [2.05, 4.69) is 16.3 Å². The van der Waals surface area contributed by atoms with Crippen LogP contribution >= 0.6 is 7.82 Å². The number of carbonyl (C=O) groups is 1. The molecule has 0 aromatic heterocycles. The predicted octanol–water partition coefficient (Wildman–Crippen LogP) is 5.13. The quantitative estimate of drug-likeness (QED) is 0.0583. The molecule has 0 aliphatic rings. The first kappa shape index (κ1) is 32.6. The molecule has 5 N–H and O–H groups in total. The van der Waals surface area contributed by atoms with Crippen LogP contribution in [0.1, 0.15) is 110 Å². The molecule has 33 heavy (non-hydrogen) atoms. The van der Waals surface area contributed by atoms with Crippen LogP contribution in [0.25, 0.3) is 0 Å². The molecular weight excluding hydrogens is 449 g/mol. The second-order valence-corrected chi connectivity index (χ2v) is 10.1. The van der Waals surface area contributed by atoms with Gasteiger partial charge in [0.1, 0.15) is 12.2 Å². The first-order chi connectivity index (χ1) is 15.9. The lowest BCUT2D eigenvalue weighted by Crippen LogP contribution is -2.32. The highest BCUT2D eigenvalue weighted by Gasteiger charge is 2.31. The monoisotopic (exact) mass is 497 g/mol. The van der Waals surface area contributed by atoms with Gasteiger partial charge in [0.2, 0.25) is 0 Å². The van der Waals surface area contributed by atoms with E-state index in [1.54, 1.807) is 0 Å². The molecule has 9 nitrogen and oxygen atoms in total. The van der Waals surface area contributed by atoms with Crippen LogP contribution in [0.2, 0.25) is 0 Å². The average Bonchev–Trinajstić information content (AvgIpc) is 2.80. The molecule has 10 heteroatoms. The van der Waals surface area contributed by atoms with Gasteiger partial charge >= 0.3 is 7.82 Å². The van der Waals surface area contributed by atoms with E-state index in [0.29, 0.717) is 6.42 Å². The van der Waals surface area contributed by atoms with Gasteiger partial charge in [-0.2, -0.15) is 0 Å². The summed E-state index contributed by atoms with van der Waals surface area (Å²) < 4.78 is 21.4. The predicted molar refractivity (Wildman–Crippen MR) is 129 cm³/mol. The Balaban J connectivity index is 3.74. The minimum atomic E-state index is -4.58. The molecule has 0 aromatic carbocycles. The Labute approximate surface area is 199 Å². The molecule has 0 fully saturated rings. The van der Waals surface area contributed by atoms with E-state index in [0.717, 1.165) is 19.3 Å². The normalized spacial score (nSPS) is 15.3. The number of unbranched alkanes of at least 4 members (excludes halogenated alkanes) is 14. The summed E-state index contributed by atoms with van der Waals surface area (Å²) >= 11 is 0. The number of Topliss-reactive ketones (excluding diaryl/α,β-unsaturated/α-hetero) is 1. The molecule has 0 spiro atoms. The van der Waals surface area contributed by atoms with Gasteiger partial charge in [0, 0.05) is 13.0 Å². The van der Waals surface area contributed by atoms with Crippen LogP contribution in [0.15, 0.2) is 0 Å². The third-order valence-electron chi connectivity index (χ3n) is 5.64. The van der Waals surface area contributed by atoms with E-state index in [4.69, 9.17) is 20.6 Å². The summed E-state index contributed by atoms with van der Waals surface area (Å²) in [6.45, 7) is 0.807. The van der Waals surface area contributed by atoms with Gasteiger partial charge in [0.25, 0.3) is 0 Å². The summed E-state index contributed by atoms with van der Waals surface area (Å²) in [7, 11) is -4.58. The third-order valence-corrected chi connectivity index (χ3v) is 6.63. The molecule has 0 heterocycles. The van der Waals surface area contributed by atoms with Crippen LogP contribution in [0, 0.1) is 0 Å². The zero-order chi connectivity index (χ0) is 24.8. The lowest BCUT2D eigenvalue weighted by Gasteiger charge is -2.20. The van der Waals surface area contributed by atoms with Crippen molar-refractivity contribution in [3.8, 4) is 0 Å². The Morgan fingerprint density at radius 1 is 0.879 bits per heavy atom. The summed E-state index contributed by atoms with van der Waals surface area (Å²) in [5.74, 6) is -0.345. The molecule has 0 radical (unpaired) electrons. The summed E-state index contributed by atoms with van der Waals surface area (Å²) in [4.78, 5) is 25.8. The number of rotatable bonds is 25. The van der Waals surface area contributed by atoms with Gasteiger partial charge in [-0.05, 0) is 6.42 Å². The van der Waals surface area contributed by atoms with Crippen LogP contribution in [0.5, 0.6) is 0 Å². The van der Waals surface area contributed by atoms with E-state index < -0.39 is 33.2 Å². The summed E-state index contributed by atoms with van der Waals surface area (Å²) in [5, 5.41) is 17.3. The van der Waals surface area contributed by atoms with E-state index >= 15 is 0 Å². The largest absolute Gasteiger partial charge is 0.473 e. The molecule has 198 valence electrons. The number of aliphatic hydroxyl groups excluding tert-OH is 1. The van der Waals surface area contributed by atoms with Crippen molar-refractivity contribution < 1.29 is 38.6 Å². The Kier molecular flexibility index (Phi) is 21.9. The van der Waals surface area contributed by atoms with Gasteiger partial charge in [-0.15, -0.1) is 0 Å². The maximum absolute atomic E-state index is 12.2. The number of phosphoric ester groups is 1. The van der Waals surface area contributed by atoms with E-state index in [1.807, 2.05) is 0 Å². The molecule has 0 bridgehead atoms. The molecule has 0 aliphatic heterocycles. The van der Waals surface area contributed by atoms with Gasteiger partial charge in [-0.3, -0.25) is 19.1 Å². The Bertz CT molecular complexity index is 505. The second kappa shape index (κ2) is 22.1. The molecule has 0 rings (SSSR count). The van der Waals surface area contributed by atoms with E-state index in [9.17, 15) is 14.3 Å². The van der Waals surface area contributed by atoms with Crippen LogP contribution < -0.4 is 5.73 Å². The van der Waals surface area contributed by atoms with Crippen molar-refractivity contribution in [2.24, 2.45) is 5.73 Å². The van der Waals surface area contributed by atoms with E-state index in [-0.39, 0.29) is 18.7 Å². The second-order valence-electron chi connectivity index (χ2n) is 8.67. The van der Waals surface area contributed by atoms with E-state index in [1.165, 1.54) is 70.6 Å². The van der Waals surface area contributed by atoms with Crippen LogP contribution in [0.4, 0.5) is 0 Å². The number of phosphoric acid groups is 1. The van der Waals surface area contributed by atoms with Gasteiger partial charge in [-0.1, -0.05) is 96.8 Å². The van der Waals surface area contributed by atoms with Crippen molar-refractivity contribution in [3.05, 3.63) is 0 Å². The maximum atomic E-state index is 12.2.